The van der Waals surface area contributed by atoms with Gasteiger partial charge in [-0.1, -0.05) is 45.2 Å². The van der Waals surface area contributed by atoms with Crippen LogP contribution in [-0.2, 0) is 0 Å². The lowest BCUT2D eigenvalue weighted by Crippen LogP contribution is -2.17. The highest BCUT2D eigenvalue weighted by Crippen LogP contribution is 1.78. The van der Waals surface area contributed by atoms with Crippen LogP contribution in [0.1, 0.15) is 0 Å². The van der Waals surface area contributed by atoms with Crippen molar-refractivity contribution in [2.45, 2.75) is 0 Å². The predicted octanol–water partition coefficient (Wildman–Crippen LogP) is 2.06. The number of rotatable bonds is 4. The Morgan fingerprint density at radius 1 is 1.00 bits per heavy atom. The summed E-state index contributed by atoms with van der Waals surface area (Å²) in [5, 5.41) is 3.27. The summed E-state index contributed by atoms with van der Waals surface area (Å²) >= 11 is 4.72. The van der Waals surface area contributed by atoms with Gasteiger partial charge in [0, 0.05) is 21.9 Å². The molecule has 0 rings (SSSR count). The summed E-state index contributed by atoms with van der Waals surface area (Å²) in [5.41, 5.74) is 0. The van der Waals surface area contributed by atoms with Gasteiger partial charge in [-0.2, -0.15) is 0 Å². The van der Waals surface area contributed by atoms with Crippen molar-refractivity contribution in [3.05, 3.63) is 0 Å². The molecule has 0 saturated carbocycles. The van der Waals surface area contributed by atoms with Crippen LogP contribution in [0.15, 0.2) is 0 Å². The fourth-order valence-corrected chi connectivity index (χ4v) is 1.02. The molecule has 0 saturated heterocycles. The van der Waals surface area contributed by atoms with Crippen LogP contribution in [0.4, 0.5) is 0 Å². The highest BCUT2D eigenvalue weighted by Gasteiger charge is 1.78. The molecule has 8 heavy (non-hydrogen) atoms. The van der Waals surface area contributed by atoms with E-state index in [1.165, 1.54) is 8.86 Å². The van der Waals surface area contributed by atoms with Crippen molar-refractivity contribution < 1.29 is 0 Å². The highest BCUT2D eigenvalue weighted by atomic mass is 127. The van der Waals surface area contributed by atoms with Gasteiger partial charge in [0.25, 0.3) is 0 Å². The topological polar surface area (TPSA) is 12.0 Å². The molecule has 0 aliphatic heterocycles. The van der Waals surface area contributed by atoms with E-state index in [2.05, 4.69) is 50.5 Å². The van der Waals surface area contributed by atoms with Gasteiger partial charge in [-0.15, -0.1) is 24.0 Å². The molecule has 1 N–H and O–H groups in total. The van der Waals surface area contributed by atoms with E-state index >= 15 is 0 Å². The molecule has 0 atom stereocenters. The molecule has 0 aromatic heterocycles. The minimum Gasteiger partial charge on any atom is -0.315 e. The summed E-state index contributed by atoms with van der Waals surface area (Å²) in [6, 6.07) is 0. The van der Waals surface area contributed by atoms with Crippen molar-refractivity contribution in [3.8, 4) is 0 Å². The lowest BCUT2D eigenvalue weighted by molar-refractivity contribution is 0.785. The van der Waals surface area contributed by atoms with Crippen molar-refractivity contribution in [2.24, 2.45) is 0 Å². The Kier molecular flexibility index (Phi) is 19.0. The third-order valence-corrected chi connectivity index (χ3v) is 1.62. The Labute approximate surface area is 95.1 Å². The first-order valence-corrected chi connectivity index (χ1v) is 5.29. The van der Waals surface area contributed by atoms with E-state index in [9.17, 15) is 0 Å². The van der Waals surface area contributed by atoms with Crippen LogP contribution in [0.3, 0.4) is 0 Å². The van der Waals surface area contributed by atoms with Crippen LogP contribution in [0.2, 0.25) is 0 Å². The molecule has 0 amide bonds. The Bertz CT molecular complexity index is 30.5. The van der Waals surface area contributed by atoms with Crippen LogP contribution >= 0.6 is 69.2 Å². The zero-order chi connectivity index (χ0) is 5.54. The molecule has 0 spiro atoms. The number of alkyl halides is 2. The fraction of sp³-hybridized carbons (Fsp3) is 1.00. The predicted molar refractivity (Wildman–Crippen MR) is 66.1 cm³/mol. The molecule has 0 bridgehead atoms. The molecular weight excluding hydrogens is 443 g/mol. The molecule has 0 radical (unpaired) electrons. The third-order valence-electron chi connectivity index (χ3n) is 0.543. The normalized spacial score (nSPS) is 8.25. The summed E-state index contributed by atoms with van der Waals surface area (Å²) in [7, 11) is 0. The Morgan fingerprint density at radius 3 is 1.62 bits per heavy atom. The number of hydrogen-bond donors (Lipinski definition) is 1. The van der Waals surface area contributed by atoms with Gasteiger partial charge in [-0.3, -0.25) is 0 Å². The third kappa shape index (κ3) is 11.0. The van der Waals surface area contributed by atoms with Gasteiger partial charge >= 0.3 is 0 Å². The Morgan fingerprint density at radius 2 is 1.38 bits per heavy atom. The first-order valence-electron chi connectivity index (χ1n) is 2.24. The molecule has 0 heterocycles. The maximum atomic E-state index is 3.27. The number of nitrogens with one attached hydrogen (secondary N) is 1. The second kappa shape index (κ2) is 11.9. The monoisotopic (exact) mass is 453 g/mol. The highest BCUT2D eigenvalue weighted by molar-refractivity contribution is 14.1. The lowest BCUT2D eigenvalue weighted by atomic mass is 10.7. The molecule has 0 fully saturated rings. The first-order chi connectivity index (χ1) is 3.41. The molecule has 0 unspecified atom stereocenters. The first kappa shape index (κ1) is 12.8. The molecule has 0 aromatic rings. The van der Waals surface area contributed by atoms with Gasteiger partial charge in [0.1, 0.15) is 0 Å². The molecule has 0 aliphatic carbocycles. The molecule has 52 valence electrons. The molecule has 0 aliphatic rings. The van der Waals surface area contributed by atoms with Gasteiger partial charge in [-0.25, -0.2) is 0 Å². The van der Waals surface area contributed by atoms with E-state index in [0.29, 0.717) is 0 Å². The SMILES string of the molecule is I.ICCNCCI. The molecule has 1 nitrogen and oxygen atoms in total. The lowest BCUT2D eigenvalue weighted by Gasteiger charge is -1.94. The van der Waals surface area contributed by atoms with E-state index in [-0.39, 0.29) is 24.0 Å². The van der Waals surface area contributed by atoms with Crippen molar-refractivity contribution >= 4 is 69.2 Å². The summed E-state index contributed by atoms with van der Waals surface area (Å²) in [6.07, 6.45) is 0. The van der Waals surface area contributed by atoms with Crippen LogP contribution in [0.5, 0.6) is 0 Å². The van der Waals surface area contributed by atoms with E-state index in [1.807, 2.05) is 0 Å². The standard InChI is InChI=1S/C4H9I2N.HI/c5-1-3-7-4-2-6;/h7H,1-4H2;1H. The van der Waals surface area contributed by atoms with Crippen LogP contribution in [-0.4, -0.2) is 21.9 Å². The van der Waals surface area contributed by atoms with E-state index in [0.717, 1.165) is 13.1 Å². The van der Waals surface area contributed by atoms with E-state index in [4.69, 9.17) is 0 Å². The number of hydrogen-bond acceptors (Lipinski definition) is 1. The number of halogens is 3. The van der Waals surface area contributed by atoms with Gasteiger partial charge in [0.05, 0.1) is 0 Å². The Hall–Kier alpha value is 2.15. The average molecular weight is 453 g/mol. The van der Waals surface area contributed by atoms with Crippen molar-refractivity contribution in [3.63, 3.8) is 0 Å². The maximum absolute atomic E-state index is 3.27. The quantitative estimate of drug-likeness (QED) is 0.391. The van der Waals surface area contributed by atoms with Crippen molar-refractivity contribution in [2.75, 3.05) is 21.9 Å². The second-order valence-electron chi connectivity index (χ2n) is 1.13. The fourth-order valence-electron chi connectivity index (χ4n) is 0.259. The summed E-state index contributed by atoms with van der Waals surface area (Å²) in [6.45, 7) is 2.31. The van der Waals surface area contributed by atoms with Gasteiger partial charge in [0.15, 0.2) is 0 Å². The zero-order valence-corrected chi connectivity index (χ0v) is 11.1. The zero-order valence-electron chi connectivity index (χ0n) is 4.49. The average Bonchev–Trinajstić information content (AvgIpc) is 1.69. The van der Waals surface area contributed by atoms with Gasteiger partial charge in [0.2, 0.25) is 0 Å². The minimum absolute atomic E-state index is 0. The minimum atomic E-state index is 0. The van der Waals surface area contributed by atoms with E-state index < -0.39 is 0 Å². The van der Waals surface area contributed by atoms with Crippen LogP contribution < -0.4 is 5.32 Å². The van der Waals surface area contributed by atoms with Crippen molar-refractivity contribution in [1.29, 1.82) is 0 Å². The van der Waals surface area contributed by atoms with Gasteiger partial charge < -0.3 is 5.32 Å². The summed E-state index contributed by atoms with van der Waals surface area (Å²) in [5.74, 6) is 0. The van der Waals surface area contributed by atoms with Crippen molar-refractivity contribution in [1.82, 2.24) is 5.32 Å². The molecule has 4 heteroatoms. The van der Waals surface area contributed by atoms with E-state index in [1.54, 1.807) is 0 Å². The summed E-state index contributed by atoms with van der Waals surface area (Å²) < 4.78 is 2.43. The van der Waals surface area contributed by atoms with Crippen LogP contribution in [0.25, 0.3) is 0 Å². The van der Waals surface area contributed by atoms with Gasteiger partial charge in [-0.05, 0) is 0 Å². The molecule has 0 aromatic carbocycles. The smallest absolute Gasteiger partial charge is 0.0121 e. The molecular formula is C4H10I3N. The maximum Gasteiger partial charge on any atom is 0.0121 e. The second-order valence-corrected chi connectivity index (χ2v) is 3.29. The van der Waals surface area contributed by atoms with Crippen LogP contribution in [0, 0.1) is 0 Å². The summed E-state index contributed by atoms with van der Waals surface area (Å²) in [4.78, 5) is 0. The largest absolute Gasteiger partial charge is 0.315 e. The Balaban J connectivity index is 0.